The zero-order chi connectivity index (χ0) is 36.6. The summed E-state index contributed by atoms with van der Waals surface area (Å²) in [5.74, 6) is -0.331. The molecule has 5 amide bonds. The van der Waals surface area contributed by atoms with Crippen LogP contribution in [0.3, 0.4) is 0 Å². The van der Waals surface area contributed by atoms with Crippen LogP contribution in [0.2, 0.25) is 5.02 Å². The van der Waals surface area contributed by atoms with Crippen molar-refractivity contribution >= 4 is 40.9 Å². The highest BCUT2D eigenvalue weighted by Crippen LogP contribution is 2.38. The van der Waals surface area contributed by atoms with Gasteiger partial charge in [0.15, 0.2) is 0 Å². The number of para-hydroxylation sites is 1. The second kappa shape index (κ2) is 15.3. The molecule has 3 saturated heterocycles. The fourth-order valence-electron chi connectivity index (χ4n) is 8.40. The van der Waals surface area contributed by atoms with Gasteiger partial charge in [-0.1, -0.05) is 29.8 Å². The number of piperazine rings is 1. The van der Waals surface area contributed by atoms with Crippen molar-refractivity contribution in [3.05, 3.63) is 58.1 Å². The van der Waals surface area contributed by atoms with Gasteiger partial charge in [-0.3, -0.25) is 14.6 Å². The van der Waals surface area contributed by atoms with Crippen LogP contribution in [-0.2, 0) is 23.8 Å². The zero-order valence-corrected chi connectivity index (χ0v) is 30.1. The quantitative estimate of drug-likeness (QED) is 0.348. The number of fused-ring (bicyclic) bond motifs is 1. The molecule has 0 spiro atoms. The first kappa shape index (κ1) is 36.6. The van der Waals surface area contributed by atoms with Gasteiger partial charge in [0.2, 0.25) is 5.91 Å². The van der Waals surface area contributed by atoms with Crippen LogP contribution in [0.5, 0.6) is 0 Å². The highest BCUT2D eigenvalue weighted by Gasteiger charge is 2.38. The molecule has 5 aliphatic rings. The van der Waals surface area contributed by atoms with Crippen LogP contribution in [0.4, 0.5) is 34.1 Å². The first-order chi connectivity index (χ1) is 24.9. The maximum Gasteiger partial charge on any atom is 0.418 e. The van der Waals surface area contributed by atoms with Crippen molar-refractivity contribution in [1.29, 1.82) is 0 Å². The van der Waals surface area contributed by atoms with E-state index >= 15 is 0 Å². The Labute approximate surface area is 307 Å². The van der Waals surface area contributed by atoms with Crippen LogP contribution in [-0.4, -0.2) is 126 Å². The summed E-state index contributed by atoms with van der Waals surface area (Å²) in [5, 5.41) is 5.63. The third-order valence-corrected chi connectivity index (χ3v) is 11.9. The molecule has 4 fully saturated rings. The minimum absolute atomic E-state index is 0.0634. The average Bonchev–Trinajstić information content (AvgIpc) is 4.00. The molecule has 282 valence electrons. The van der Waals surface area contributed by atoms with E-state index < -0.39 is 29.5 Å². The van der Waals surface area contributed by atoms with Gasteiger partial charge in [0.05, 0.1) is 16.3 Å². The molecule has 0 unspecified atom stereocenters. The minimum Gasteiger partial charge on any atom is -0.397 e. The highest BCUT2D eigenvalue weighted by molar-refractivity contribution is 6.33. The lowest BCUT2D eigenvalue weighted by molar-refractivity contribution is -0.137. The van der Waals surface area contributed by atoms with Crippen LogP contribution in [0.15, 0.2) is 36.4 Å². The number of nitrogens with one attached hydrogen (secondary N) is 2. The summed E-state index contributed by atoms with van der Waals surface area (Å²) >= 11 is 6.15. The first-order valence-corrected chi connectivity index (χ1v) is 19.0. The topological polar surface area (TPSA) is 117 Å². The normalized spacial score (nSPS) is 22.1. The molecule has 1 saturated carbocycles. The van der Waals surface area contributed by atoms with Crippen molar-refractivity contribution in [2.75, 3.05) is 70.0 Å². The zero-order valence-electron chi connectivity index (χ0n) is 29.3. The monoisotopic (exact) mass is 744 g/mol. The molecule has 4 aliphatic heterocycles. The van der Waals surface area contributed by atoms with E-state index in [4.69, 9.17) is 17.3 Å². The largest absolute Gasteiger partial charge is 0.418 e. The summed E-state index contributed by atoms with van der Waals surface area (Å²) < 4.78 is 41.6. The number of piperidine rings is 2. The van der Waals surface area contributed by atoms with Gasteiger partial charge < -0.3 is 31.1 Å². The second-order valence-electron chi connectivity index (χ2n) is 14.9. The van der Waals surface area contributed by atoms with E-state index in [1.54, 1.807) is 9.80 Å². The van der Waals surface area contributed by atoms with E-state index in [0.717, 1.165) is 68.8 Å². The number of nitrogens with two attached hydrogens (primary N) is 1. The third kappa shape index (κ3) is 8.23. The lowest BCUT2D eigenvalue weighted by atomic mass is 9.98. The molecule has 0 bridgehead atoms. The Morgan fingerprint density at radius 3 is 2.08 bits per heavy atom. The van der Waals surface area contributed by atoms with Crippen molar-refractivity contribution in [2.45, 2.75) is 81.7 Å². The van der Waals surface area contributed by atoms with E-state index in [-0.39, 0.29) is 35.0 Å². The minimum atomic E-state index is -4.74. The number of benzene rings is 2. The molecule has 0 aromatic heterocycles. The second-order valence-corrected chi connectivity index (χ2v) is 15.3. The van der Waals surface area contributed by atoms with Crippen LogP contribution in [0.1, 0.15) is 55.2 Å². The van der Waals surface area contributed by atoms with Gasteiger partial charge in [-0.15, -0.1) is 0 Å². The first-order valence-electron chi connectivity index (χ1n) is 18.6. The van der Waals surface area contributed by atoms with Crippen LogP contribution >= 0.6 is 11.6 Å². The van der Waals surface area contributed by atoms with Crippen molar-refractivity contribution < 1.29 is 27.6 Å². The summed E-state index contributed by atoms with van der Waals surface area (Å²) in [6.45, 7) is 6.45. The van der Waals surface area contributed by atoms with Gasteiger partial charge in [0.1, 0.15) is 6.04 Å². The summed E-state index contributed by atoms with van der Waals surface area (Å²) in [6, 6.07) is 9.30. The molecule has 2 aromatic rings. The molecule has 7 rings (SSSR count). The predicted molar refractivity (Wildman–Crippen MR) is 193 cm³/mol. The van der Waals surface area contributed by atoms with Gasteiger partial charge in [-0.2, -0.15) is 13.2 Å². The number of nitrogens with zero attached hydrogens (tertiary/aromatic N) is 5. The van der Waals surface area contributed by atoms with Crippen molar-refractivity contribution in [2.24, 2.45) is 0 Å². The molecule has 4 N–H and O–H groups in total. The summed E-state index contributed by atoms with van der Waals surface area (Å²) in [6.07, 6.45) is 1.10. The van der Waals surface area contributed by atoms with Gasteiger partial charge in [-0.05, 0) is 74.3 Å². The van der Waals surface area contributed by atoms with Crippen LogP contribution in [0.25, 0.3) is 0 Å². The average molecular weight is 745 g/mol. The van der Waals surface area contributed by atoms with Crippen LogP contribution in [0, 0.1) is 0 Å². The predicted octanol–water partition coefficient (Wildman–Crippen LogP) is 4.89. The number of hydrogen-bond donors (Lipinski definition) is 3. The molecule has 1 aliphatic carbocycles. The van der Waals surface area contributed by atoms with Crippen molar-refractivity contribution in [3.8, 4) is 0 Å². The number of hydrogen-bond acceptors (Lipinski definition) is 6. The molecule has 1 atom stereocenters. The Bertz CT molecular complexity index is 1630. The smallest absolute Gasteiger partial charge is 0.397 e. The van der Waals surface area contributed by atoms with Gasteiger partial charge in [-0.25, -0.2) is 9.59 Å². The van der Waals surface area contributed by atoms with E-state index in [9.17, 15) is 27.6 Å². The standard InChI is InChI=1S/C37H48ClF3N8O3/c38-30-22-24(21-29(33(30)42)37(39,40)41)23-32(34(50)47-12-8-27(9-13-47)46-19-17-45(18-20-46)26-5-6-26)44-35(51)48-14-10-28(11-15-48)49-16-7-25-3-1-2-4-31(25)43-36(49)52/h1-4,21-22,26-28,32H,5-20,23,42H2,(H,43,52)(H,44,51)/t32-/m1/s1. The van der Waals surface area contributed by atoms with Crippen LogP contribution < -0.4 is 16.4 Å². The Morgan fingerprint density at radius 1 is 0.846 bits per heavy atom. The van der Waals surface area contributed by atoms with E-state index in [2.05, 4.69) is 20.4 Å². The number of anilines is 2. The number of amides is 5. The van der Waals surface area contributed by atoms with E-state index in [1.807, 2.05) is 29.2 Å². The number of nitrogen functional groups attached to an aromatic ring is 1. The number of carbonyl (C=O) groups excluding carboxylic acids is 3. The maximum absolute atomic E-state index is 14.1. The Balaban J connectivity index is 0.998. The summed E-state index contributed by atoms with van der Waals surface area (Å²) in [7, 11) is 0. The molecular formula is C37H48ClF3N8O3. The van der Waals surface area contributed by atoms with Gasteiger partial charge in [0.25, 0.3) is 0 Å². The molecule has 52 heavy (non-hydrogen) atoms. The fourth-order valence-corrected chi connectivity index (χ4v) is 8.64. The number of carbonyl (C=O) groups is 3. The molecule has 15 heteroatoms. The van der Waals surface area contributed by atoms with E-state index in [0.29, 0.717) is 51.6 Å². The highest BCUT2D eigenvalue weighted by atomic mass is 35.5. The SMILES string of the molecule is Nc1c(Cl)cc(C[C@@H](NC(=O)N2CCC(N3CCc4ccccc4NC3=O)CC2)C(=O)N2CCC(N3CCN(C4CC4)CC3)CC2)cc1C(F)(F)F. The summed E-state index contributed by atoms with van der Waals surface area (Å²) in [5.41, 5.74) is 6.08. The third-order valence-electron chi connectivity index (χ3n) is 11.6. The molecule has 4 heterocycles. The van der Waals surface area contributed by atoms with Gasteiger partial charge >= 0.3 is 18.2 Å². The number of likely N-dealkylation sites (tertiary alicyclic amines) is 2. The maximum atomic E-state index is 14.1. The van der Waals surface area contributed by atoms with Crippen molar-refractivity contribution in [3.63, 3.8) is 0 Å². The Kier molecular flexibility index (Phi) is 10.8. The fraction of sp³-hybridized carbons (Fsp3) is 0.595. The molecule has 2 aromatic carbocycles. The molecule has 11 nitrogen and oxygen atoms in total. The molecule has 0 radical (unpaired) electrons. The number of rotatable bonds is 7. The lowest BCUT2D eigenvalue weighted by Crippen LogP contribution is -2.58. The number of alkyl halides is 3. The van der Waals surface area contributed by atoms with Gasteiger partial charge in [0, 0.05) is 89.1 Å². The Morgan fingerprint density at radius 2 is 1.44 bits per heavy atom. The Hall–Kier alpha value is -3.75. The lowest BCUT2D eigenvalue weighted by Gasteiger charge is -2.43. The van der Waals surface area contributed by atoms with Crippen molar-refractivity contribution in [1.82, 2.24) is 29.8 Å². The van der Waals surface area contributed by atoms with E-state index in [1.165, 1.54) is 18.9 Å². The number of halogens is 4. The summed E-state index contributed by atoms with van der Waals surface area (Å²) in [4.78, 5) is 51.2. The molecular weight excluding hydrogens is 697 g/mol. The number of urea groups is 2.